The van der Waals surface area contributed by atoms with Crippen molar-refractivity contribution < 1.29 is 31.5 Å². The molecule has 0 radical (unpaired) electrons. The van der Waals surface area contributed by atoms with Gasteiger partial charge in [-0.05, 0) is 43.5 Å². The SMILES string of the molecule is CCN(CC)S(=O)(=O)c1ccc(S(=O)(=O)N2CCC[C@@H](C(=O)N3C[C@H]4C[C@@H]3CN4C(=O)O)C2)cc1. The van der Waals surface area contributed by atoms with Crippen LogP contribution in [0.2, 0.25) is 0 Å². The average Bonchev–Trinajstić information content (AvgIpc) is 3.46. The first-order valence-electron chi connectivity index (χ1n) is 11.9. The van der Waals surface area contributed by atoms with Crippen LogP contribution in [0.25, 0.3) is 0 Å². The van der Waals surface area contributed by atoms with E-state index in [2.05, 4.69) is 0 Å². The molecule has 35 heavy (non-hydrogen) atoms. The summed E-state index contributed by atoms with van der Waals surface area (Å²) in [6.07, 6.45) is 0.751. The van der Waals surface area contributed by atoms with Crippen molar-refractivity contribution in [3.8, 4) is 0 Å². The number of piperidine rings is 1. The number of rotatable bonds is 7. The Morgan fingerprint density at radius 3 is 2.06 bits per heavy atom. The summed E-state index contributed by atoms with van der Waals surface area (Å²) < 4.78 is 54.6. The highest BCUT2D eigenvalue weighted by atomic mass is 32.2. The second kappa shape index (κ2) is 9.68. The number of fused-ring (bicyclic) bond motifs is 2. The van der Waals surface area contributed by atoms with Gasteiger partial charge in [-0.15, -0.1) is 0 Å². The number of sulfonamides is 2. The first-order valence-corrected chi connectivity index (χ1v) is 14.8. The molecule has 194 valence electrons. The van der Waals surface area contributed by atoms with Crippen molar-refractivity contribution >= 4 is 32.0 Å². The van der Waals surface area contributed by atoms with E-state index in [9.17, 15) is 31.5 Å². The first-order chi connectivity index (χ1) is 16.5. The Morgan fingerprint density at radius 2 is 1.51 bits per heavy atom. The van der Waals surface area contributed by atoms with E-state index in [1.54, 1.807) is 18.7 Å². The van der Waals surface area contributed by atoms with Gasteiger partial charge < -0.3 is 14.9 Å². The van der Waals surface area contributed by atoms with Crippen LogP contribution in [0.3, 0.4) is 0 Å². The van der Waals surface area contributed by atoms with Crippen molar-refractivity contribution in [3.05, 3.63) is 24.3 Å². The summed E-state index contributed by atoms with van der Waals surface area (Å²) in [7, 11) is -7.60. The lowest BCUT2D eigenvalue weighted by Crippen LogP contribution is -2.53. The van der Waals surface area contributed by atoms with Gasteiger partial charge in [0.1, 0.15) is 0 Å². The number of piperazine rings is 1. The number of carboxylic acid groups (broad SMARTS) is 1. The zero-order chi connectivity index (χ0) is 25.5. The maximum Gasteiger partial charge on any atom is 0.407 e. The van der Waals surface area contributed by atoms with Crippen LogP contribution in [0.1, 0.15) is 33.1 Å². The van der Waals surface area contributed by atoms with Gasteiger partial charge >= 0.3 is 6.09 Å². The van der Waals surface area contributed by atoms with Crippen LogP contribution in [-0.4, -0.2) is 104 Å². The van der Waals surface area contributed by atoms with E-state index < -0.39 is 32.1 Å². The van der Waals surface area contributed by atoms with Crippen molar-refractivity contribution in [2.45, 2.75) is 55.0 Å². The summed E-state index contributed by atoms with van der Waals surface area (Å²) in [6, 6.07) is 4.87. The Balaban J connectivity index is 1.46. The zero-order valence-corrected chi connectivity index (χ0v) is 21.5. The number of nitrogens with zero attached hydrogens (tertiary/aromatic N) is 4. The molecule has 3 heterocycles. The average molecular weight is 529 g/mol. The molecule has 0 aliphatic carbocycles. The van der Waals surface area contributed by atoms with E-state index in [4.69, 9.17) is 0 Å². The van der Waals surface area contributed by atoms with Gasteiger partial charge in [0.25, 0.3) is 0 Å². The zero-order valence-electron chi connectivity index (χ0n) is 19.9. The molecule has 1 aromatic carbocycles. The normalized spacial score (nSPS) is 25.4. The molecule has 0 spiro atoms. The Bertz CT molecular complexity index is 1180. The minimum atomic E-state index is -3.91. The van der Waals surface area contributed by atoms with Crippen LogP contribution < -0.4 is 0 Å². The lowest BCUT2D eigenvalue weighted by molar-refractivity contribution is -0.138. The minimum Gasteiger partial charge on any atom is -0.465 e. The van der Waals surface area contributed by atoms with Gasteiger partial charge in [-0.25, -0.2) is 21.6 Å². The smallest absolute Gasteiger partial charge is 0.407 e. The van der Waals surface area contributed by atoms with Crippen LogP contribution in [-0.2, 0) is 24.8 Å². The summed E-state index contributed by atoms with van der Waals surface area (Å²) in [5, 5.41) is 9.27. The monoisotopic (exact) mass is 528 g/mol. The molecule has 3 saturated heterocycles. The molecule has 3 aliphatic rings. The van der Waals surface area contributed by atoms with Gasteiger partial charge in [-0.3, -0.25) is 4.79 Å². The topological polar surface area (TPSA) is 136 Å². The lowest BCUT2D eigenvalue weighted by Gasteiger charge is -2.37. The number of carbonyl (C=O) groups excluding carboxylic acids is 1. The highest BCUT2D eigenvalue weighted by molar-refractivity contribution is 7.89. The third-order valence-electron chi connectivity index (χ3n) is 7.31. The van der Waals surface area contributed by atoms with E-state index in [0.29, 0.717) is 45.4 Å². The van der Waals surface area contributed by atoms with Crippen LogP contribution in [0.4, 0.5) is 4.79 Å². The molecule has 3 aliphatic heterocycles. The van der Waals surface area contributed by atoms with Crippen molar-refractivity contribution in [3.63, 3.8) is 0 Å². The Hall–Kier alpha value is -2.22. The Kier molecular flexibility index (Phi) is 7.15. The van der Waals surface area contributed by atoms with E-state index in [1.165, 1.54) is 37.8 Å². The van der Waals surface area contributed by atoms with E-state index in [0.717, 1.165) is 0 Å². The Morgan fingerprint density at radius 1 is 0.943 bits per heavy atom. The number of hydrogen-bond acceptors (Lipinski definition) is 6. The summed E-state index contributed by atoms with van der Waals surface area (Å²) >= 11 is 0. The first kappa shape index (κ1) is 25.9. The highest BCUT2D eigenvalue weighted by Crippen LogP contribution is 2.34. The fourth-order valence-corrected chi connectivity index (χ4v) is 8.40. The Labute approximate surface area is 206 Å². The number of amides is 2. The van der Waals surface area contributed by atoms with Gasteiger partial charge in [0.15, 0.2) is 0 Å². The largest absolute Gasteiger partial charge is 0.465 e. The molecule has 2 bridgehead atoms. The summed E-state index contributed by atoms with van der Waals surface area (Å²) in [6.45, 7) is 5.09. The summed E-state index contributed by atoms with van der Waals surface area (Å²) in [5.41, 5.74) is 0. The van der Waals surface area contributed by atoms with E-state index in [1.807, 2.05) is 0 Å². The van der Waals surface area contributed by atoms with Gasteiger partial charge in [0.05, 0.1) is 27.8 Å². The van der Waals surface area contributed by atoms with Crippen LogP contribution >= 0.6 is 0 Å². The maximum absolute atomic E-state index is 13.3. The van der Waals surface area contributed by atoms with Crippen molar-refractivity contribution in [2.75, 3.05) is 39.3 Å². The van der Waals surface area contributed by atoms with Gasteiger partial charge in [0, 0.05) is 39.3 Å². The van der Waals surface area contributed by atoms with E-state index in [-0.39, 0.29) is 40.9 Å². The van der Waals surface area contributed by atoms with Crippen LogP contribution in [0, 0.1) is 5.92 Å². The molecular formula is C22H32N4O7S2. The van der Waals surface area contributed by atoms with Crippen LogP contribution in [0.5, 0.6) is 0 Å². The van der Waals surface area contributed by atoms with E-state index >= 15 is 0 Å². The number of carbonyl (C=O) groups is 2. The maximum atomic E-state index is 13.3. The molecule has 0 aromatic heterocycles. The third-order valence-corrected chi connectivity index (χ3v) is 11.3. The second-order valence-corrected chi connectivity index (χ2v) is 13.1. The molecule has 2 amide bonds. The summed E-state index contributed by atoms with van der Waals surface area (Å²) in [5.74, 6) is -0.610. The molecule has 4 rings (SSSR count). The molecule has 1 aromatic rings. The molecule has 3 atom stereocenters. The minimum absolute atomic E-state index is 0.0126. The number of hydrogen-bond donors (Lipinski definition) is 1. The standard InChI is InChI=1S/C22H32N4O7S2/c1-3-23(4-2)34(30,31)19-7-9-20(10-8-19)35(32,33)24-11-5-6-16(13-24)21(27)25-14-18-12-17(25)15-26(18)22(28)29/h7-10,16-18H,3-6,11-15H2,1-2H3,(H,28,29)/t16-,17-,18-/m1/s1. The van der Waals surface area contributed by atoms with Crippen molar-refractivity contribution in [1.82, 2.24) is 18.4 Å². The molecular weight excluding hydrogens is 496 g/mol. The van der Waals surface area contributed by atoms with Crippen molar-refractivity contribution in [1.29, 1.82) is 0 Å². The fourth-order valence-electron chi connectivity index (χ4n) is 5.41. The molecule has 1 N–H and O–H groups in total. The molecule has 11 nitrogen and oxygen atoms in total. The quantitative estimate of drug-likeness (QED) is 0.559. The predicted molar refractivity (Wildman–Crippen MR) is 127 cm³/mol. The molecule has 0 unspecified atom stereocenters. The van der Waals surface area contributed by atoms with Gasteiger partial charge in [-0.1, -0.05) is 13.8 Å². The van der Waals surface area contributed by atoms with Gasteiger partial charge in [-0.2, -0.15) is 8.61 Å². The predicted octanol–water partition coefficient (Wildman–Crippen LogP) is 1.08. The molecule has 13 heteroatoms. The molecule has 3 fully saturated rings. The lowest BCUT2D eigenvalue weighted by atomic mass is 9.97. The van der Waals surface area contributed by atoms with Crippen molar-refractivity contribution in [2.24, 2.45) is 5.92 Å². The highest BCUT2D eigenvalue weighted by Gasteiger charge is 2.49. The second-order valence-electron chi connectivity index (χ2n) is 9.23. The summed E-state index contributed by atoms with van der Waals surface area (Å²) in [4.78, 5) is 27.6. The van der Waals surface area contributed by atoms with Crippen LogP contribution in [0.15, 0.2) is 34.1 Å². The van der Waals surface area contributed by atoms with Gasteiger partial charge in [0.2, 0.25) is 26.0 Å². The fraction of sp³-hybridized carbons (Fsp3) is 0.636. The molecule has 0 saturated carbocycles. The number of benzene rings is 1. The third kappa shape index (κ3) is 4.66. The number of likely N-dealkylation sites (tertiary alicyclic amines) is 2.